The van der Waals surface area contributed by atoms with Gasteiger partial charge in [-0.1, -0.05) is 201 Å². The fourth-order valence-electron chi connectivity index (χ4n) is 7.93. The number of carbonyl (C=O) groups is 1. The number of unbranched alkanes of at least 4 members (excludes halogenated alkanes) is 27. The Bertz CT molecular complexity index is 1060. The summed E-state index contributed by atoms with van der Waals surface area (Å²) in [6.45, 7) is 8.81. The van der Waals surface area contributed by atoms with Crippen LogP contribution in [0.4, 0.5) is 0 Å². The van der Waals surface area contributed by atoms with E-state index in [-0.39, 0.29) is 12.1 Å². The van der Waals surface area contributed by atoms with E-state index in [2.05, 4.69) is 20.8 Å². The monoisotopic (exact) mass is 783 g/mol. The lowest BCUT2D eigenvalue weighted by molar-refractivity contribution is -0.144. The first kappa shape index (κ1) is 50.0. The van der Waals surface area contributed by atoms with Crippen LogP contribution >= 0.6 is 0 Å². The SMILES string of the molecule is CCCCCCCCCCCCOc1cc(C=CC(=O)OC2CCCCC2)c(OCCCCCCCCCCCC)c(OCCCCCCCCCCCC)c1. The predicted molar refractivity (Wildman–Crippen MR) is 240 cm³/mol. The lowest BCUT2D eigenvalue weighted by Gasteiger charge is -2.21. The van der Waals surface area contributed by atoms with Crippen molar-refractivity contribution in [3.05, 3.63) is 23.8 Å². The molecule has 0 bridgehead atoms. The van der Waals surface area contributed by atoms with Crippen molar-refractivity contribution < 1.29 is 23.7 Å². The molecule has 0 unspecified atom stereocenters. The van der Waals surface area contributed by atoms with Crippen molar-refractivity contribution in [3.63, 3.8) is 0 Å². The number of esters is 1. The summed E-state index contributed by atoms with van der Waals surface area (Å²) in [4.78, 5) is 13.0. The van der Waals surface area contributed by atoms with Crippen molar-refractivity contribution in [2.75, 3.05) is 19.8 Å². The third-order valence-corrected chi connectivity index (χ3v) is 11.6. The minimum absolute atomic E-state index is 0.0311. The van der Waals surface area contributed by atoms with E-state index in [4.69, 9.17) is 18.9 Å². The van der Waals surface area contributed by atoms with E-state index in [0.29, 0.717) is 19.8 Å². The van der Waals surface area contributed by atoms with Gasteiger partial charge in [0.2, 0.25) is 0 Å². The average Bonchev–Trinajstić information content (AvgIpc) is 3.21. The van der Waals surface area contributed by atoms with Crippen LogP contribution in [0.5, 0.6) is 17.2 Å². The third-order valence-electron chi connectivity index (χ3n) is 11.6. The number of carbonyl (C=O) groups excluding carboxylic acids is 1. The van der Waals surface area contributed by atoms with Crippen LogP contribution in [0.15, 0.2) is 18.2 Å². The topological polar surface area (TPSA) is 54.0 Å². The number of ether oxygens (including phenoxy) is 4. The van der Waals surface area contributed by atoms with Crippen molar-refractivity contribution in [1.29, 1.82) is 0 Å². The molecule has 0 atom stereocenters. The van der Waals surface area contributed by atoms with Gasteiger partial charge >= 0.3 is 5.97 Å². The Hall–Kier alpha value is -2.17. The highest BCUT2D eigenvalue weighted by atomic mass is 16.5. The van der Waals surface area contributed by atoms with Gasteiger partial charge in [0, 0.05) is 17.7 Å². The molecule has 5 heteroatoms. The van der Waals surface area contributed by atoms with Gasteiger partial charge in [0.1, 0.15) is 11.9 Å². The number of hydrogen-bond acceptors (Lipinski definition) is 5. The van der Waals surface area contributed by atoms with Crippen molar-refractivity contribution >= 4 is 12.0 Å². The second-order valence-corrected chi connectivity index (χ2v) is 17.0. The molecular formula is C51H90O5. The maximum absolute atomic E-state index is 13.0. The Morgan fingerprint density at radius 1 is 0.500 bits per heavy atom. The first-order valence-corrected chi connectivity index (χ1v) is 24.6. The van der Waals surface area contributed by atoms with Crippen molar-refractivity contribution in [3.8, 4) is 17.2 Å². The Morgan fingerprint density at radius 3 is 1.34 bits per heavy atom. The standard InChI is InChI=1S/C51H90O5/c1-4-7-10-13-16-19-22-25-28-34-41-53-48-44-46(39-40-50(52)56-47-37-32-31-33-38-47)51(55-43-36-30-27-24-21-18-15-12-9-6-3)49(45-48)54-42-35-29-26-23-20-17-14-11-8-5-2/h39-40,44-45,47H,4-38,41-43H2,1-3H3. The molecule has 5 nitrogen and oxygen atoms in total. The quantitative estimate of drug-likeness (QED) is 0.0378. The molecule has 0 saturated heterocycles. The van der Waals surface area contributed by atoms with E-state index in [1.807, 2.05) is 18.2 Å². The molecule has 1 aromatic rings. The first-order valence-electron chi connectivity index (χ1n) is 24.6. The van der Waals surface area contributed by atoms with Crippen molar-refractivity contribution in [2.45, 2.75) is 252 Å². The van der Waals surface area contributed by atoms with Crippen LogP contribution < -0.4 is 14.2 Å². The normalized spacial score (nSPS) is 13.4. The molecule has 0 radical (unpaired) electrons. The van der Waals surface area contributed by atoms with Crippen LogP contribution in [0.2, 0.25) is 0 Å². The van der Waals surface area contributed by atoms with Gasteiger partial charge in [-0.15, -0.1) is 0 Å². The van der Waals surface area contributed by atoms with Crippen molar-refractivity contribution in [1.82, 2.24) is 0 Å². The van der Waals surface area contributed by atoms with Crippen LogP contribution in [-0.4, -0.2) is 31.9 Å². The van der Waals surface area contributed by atoms with E-state index in [1.54, 1.807) is 6.08 Å². The molecule has 0 aliphatic heterocycles. The molecule has 0 amide bonds. The van der Waals surface area contributed by atoms with Gasteiger partial charge in [0.15, 0.2) is 11.5 Å². The summed E-state index contributed by atoms with van der Waals surface area (Å²) >= 11 is 0. The molecular weight excluding hydrogens is 693 g/mol. The lowest BCUT2D eigenvalue weighted by atomic mass is 9.98. The third kappa shape index (κ3) is 27.5. The van der Waals surface area contributed by atoms with E-state index in [1.165, 1.54) is 180 Å². The number of hydrogen-bond donors (Lipinski definition) is 0. The maximum Gasteiger partial charge on any atom is 0.331 e. The summed E-state index contributed by atoms with van der Waals surface area (Å²) in [6.07, 6.45) is 47.7. The van der Waals surface area contributed by atoms with E-state index < -0.39 is 0 Å². The zero-order chi connectivity index (χ0) is 40.0. The number of benzene rings is 1. The van der Waals surface area contributed by atoms with Gasteiger partial charge in [0.25, 0.3) is 0 Å². The summed E-state index contributed by atoms with van der Waals surface area (Å²) in [5, 5.41) is 0. The molecule has 2 rings (SSSR count). The minimum Gasteiger partial charge on any atom is -0.493 e. The second-order valence-electron chi connectivity index (χ2n) is 17.0. The fourth-order valence-corrected chi connectivity index (χ4v) is 7.93. The lowest BCUT2D eigenvalue weighted by Crippen LogP contribution is -2.19. The molecule has 1 aliphatic carbocycles. The molecule has 0 N–H and O–H groups in total. The molecule has 324 valence electrons. The van der Waals surface area contributed by atoms with E-state index in [0.717, 1.165) is 67.8 Å². The molecule has 1 aromatic carbocycles. The molecule has 1 saturated carbocycles. The Labute approximate surface area is 347 Å². The van der Waals surface area contributed by atoms with Crippen LogP contribution in [0.25, 0.3) is 6.08 Å². The summed E-state index contributed by atoms with van der Waals surface area (Å²) in [7, 11) is 0. The van der Waals surface area contributed by atoms with E-state index >= 15 is 0 Å². The molecule has 0 aromatic heterocycles. The van der Waals surface area contributed by atoms with Crippen LogP contribution in [0, 0.1) is 0 Å². The minimum atomic E-state index is -0.276. The molecule has 0 heterocycles. The van der Waals surface area contributed by atoms with Gasteiger partial charge in [-0.05, 0) is 57.1 Å². The van der Waals surface area contributed by atoms with Gasteiger partial charge in [-0.2, -0.15) is 0 Å². The van der Waals surface area contributed by atoms with Crippen molar-refractivity contribution in [2.24, 2.45) is 0 Å². The molecule has 1 fully saturated rings. The highest BCUT2D eigenvalue weighted by Gasteiger charge is 2.18. The van der Waals surface area contributed by atoms with Gasteiger partial charge in [-0.25, -0.2) is 4.79 Å². The summed E-state index contributed by atoms with van der Waals surface area (Å²) in [5.74, 6) is 1.96. The largest absolute Gasteiger partial charge is 0.493 e. The summed E-state index contributed by atoms with van der Waals surface area (Å²) in [5.41, 5.74) is 0.830. The number of rotatable bonds is 39. The Morgan fingerprint density at radius 2 is 0.893 bits per heavy atom. The Balaban J connectivity index is 2.02. The zero-order valence-corrected chi connectivity index (χ0v) is 37.3. The van der Waals surface area contributed by atoms with Gasteiger partial charge in [0.05, 0.1) is 19.8 Å². The first-order chi connectivity index (χ1) is 27.7. The summed E-state index contributed by atoms with van der Waals surface area (Å²) < 4.78 is 25.3. The van der Waals surface area contributed by atoms with Gasteiger partial charge in [-0.3, -0.25) is 0 Å². The predicted octanol–water partition coefficient (Wildman–Crippen LogP) is 16.5. The van der Waals surface area contributed by atoms with Crippen LogP contribution in [0.1, 0.15) is 251 Å². The zero-order valence-electron chi connectivity index (χ0n) is 37.3. The average molecular weight is 783 g/mol. The highest BCUT2D eigenvalue weighted by Crippen LogP contribution is 2.38. The maximum atomic E-state index is 13.0. The van der Waals surface area contributed by atoms with Crippen LogP contribution in [-0.2, 0) is 9.53 Å². The molecule has 56 heavy (non-hydrogen) atoms. The fraction of sp³-hybridized carbons (Fsp3) is 0.824. The van der Waals surface area contributed by atoms with Gasteiger partial charge < -0.3 is 18.9 Å². The second kappa shape index (κ2) is 37.1. The highest BCUT2D eigenvalue weighted by molar-refractivity contribution is 5.88. The van der Waals surface area contributed by atoms with Crippen LogP contribution in [0.3, 0.4) is 0 Å². The Kier molecular flexibility index (Phi) is 33.1. The molecule has 0 spiro atoms. The smallest absolute Gasteiger partial charge is 0.331 e. The summed E-state index contributed by atoms with van der Waals surface area (Å²) in [6, 6.07) is 4.06. The van der Waals surface area contributed by atoms with E-state index in [9.17, 15) is 4.79 Å². The molecule has 1 aliphatic rings.